The fraction of sp³-hybridized carbons (Fsp3) is 0.316. The number of amides is 1. The summed E-state index contributed by atoms with van der Waals surface area (Å²) in [6.07, 6.45) is 0. The Morgan fingerprint density at radius 1 is 1.19 bits per heavy atom. The van der Waals surface area contributed by atoms with E-state index in [0.717, 1.165) is 0 Å². The predicted molar refractivity (Wildman–Crippen MR) is 104 cm³/mol. The van der Waals surface area contributed by atoms with Crippen LogP contribution >= 0.6 is 11.6 Å². The molecule has 7 nitrogen and oxygen atoms in total. The van der Waals surface area contributed by atoms with Crippen LogP contribution in [0.3, 0.4) is 0 Å². The maximum absolute atomic E-state index is 13.1. The van der Waals surface area contributed by atoms with Crippen molar-refractivity contribution in [1.82, 2.24) is 9.97 Å². The van der Waals surface area contributed by atoms with Crippen LogP contribution in [0.25, 0.3) is 11.1 Å². The van der Waals surface area contributed by atoms with Crippen LogP contribution in [0.2, 0.25) is 5.02 Å². The largest absolute Gasteiger partial charge is 0.442 e. The minimum absolute atomic E-state index is 0.304. The lowest BCUT2D eigenvalue weighted by molar-refractivity contribution is 0.102. The summed E-state index contributed by atoms with van der Waals surface area (Å²) in [5, 5.41) is 3.95. The minimum atomic E-state index is -0.304. The predicted octanol–water partition coefficient (Wildman–Crippen LogP) is 3.58. The Labute approximate surface area is 161 Å². The molecule has 8 heteroatoms. The molecule has 3 heterocycles. The number of anilines is 2. The van der Waals surface area contributed by atoms with Gasteiger partial charge in [0.05, 0.1) is 34.9 Å². The monoisotopic (exact) mass is 386 g/mol. The van der Waals surface area contributed by atoms with Crippen molar-refractivity contribution in [2.24, 2.45) is 0 Å². The summed E-state index contributed by atoms with van der Waals surface area (Å²) in [7, 11) is 0. The number of nitrogens with one attached hydrogen (secondary N) is 1. The fourth-order valence-corrected chi connectivity index (χ4v) is 3.41. The Hall–Kier alpha value is -2.64. The molecule has 1 aliphatic heterocycles. The summed E-state index contributed by atoms with van der Waals surface area (Å²) in [4.78, 5) is 24.1. The molecule has 0 radical (unpaired) electrons. The highest BCUT2D eigenvalue weighted by Gasteiger charge is 2.27. The van der Waals surface area contributed by atoms with Crippen molar-refractivity contribution in [2.45, 2.75) is 13.8 Å². The van der Waals surface area contributed by atoms with Gasteiger partial charge in [0.15, 0.2) is 0 Å². The third-order valence-corrected chi connectivity index (χ3v) is 4.81. The first kappa shape index (κ1) is 17.8. The number of ether oxygens (including phenoxy) is 1. The van der Waals surface area contributed by atoms with E-state index in [1.165, 1.54) is 0 Å². The van der Waals surface area contributed by atoms with Gasteiger partial charge in [-0.1, -0.05) is 23.7 Å². The zero-order chi connectivity index (χ0) is 19.0. The lowest BCUT2D eigenvalue weighted by Gasteiger charge is -2.28. The summed E-state index contributed by atoms with van der Waals surface area (Å²) >= 11 is 6.18. The first-order valence-corrected chi connectivity index (χ1v) is 9.08. The lowest BCUT2D eigenvalue weighted by Crippen LogP contribution is -2.37. The van der Waals surface area contributed by atoms with Crippen LogP contribution in [-0.4, -0.2) is 42.2 Å². The van der Waals surface area contributed by atoms with Crippen LogP contribution in [0.1, 0.15) is 21.9 Å². The number of aromatic nitrogens is 2. The normalized spacial score (nSPS) is 14.6. The van der Waals surface area contributed by atoms with E-state index in [-0.39, 0.29) is 5.91 Å². The van der Waals surface area contributed by atoms with Gasteiger partial charge < -0.3 is 19.4 Å². The number of halogens is 1. The molecule has 0 spiro atoms. The highest BCUT2D eigenvalue weighted by atomic mass is 35.5. The van der Waals surface area contributed by atoms with Gasteiger partial charge in [-0.3, -0.25) is 4.79 Å². The van der Waals surface area contributed by atoms with Crippen LogP contribution in [0.5, 0.6) is 0 Å². The molecule has 1 N–H and O–H groups in total. The SMILES string of the molecule is Cc1nc(N2CCOCC2)c2c(C(=O)Nc3ccccc3Cl)c(C)oc2n1. The third-order valence-electron chi connectivity index (χ3n) is 4.48. The molecule has 27 heavy (non-hydrogen) atoms. The molecule has 0 aliphatic carbocycles. The van der Waals surface area contributed by atoms with Crippen LogP contribution < -0.4 is 10.2 Å². The molecule has 3 aromatic rings. The van der Waals surface area contributed by atoms with Gasteiger partial charge in [-0.25, -0.2) is 4.98 Å². The molecular formula is C19H19ClN4O3. The van der Waals surface area contributed by atoms with Crippen molar-refractivity contribution >= 4 is 40.1 Å². The van der Waals surface area contributed by atoms with Crippen LogP contribution in [-0.2, 0) is 4.74 Å². The first-order chi connectivity index (χ1) is 13.0. The Balaban J connectivity index is 1.81. The highest BCUT2D eigenvalue weighted by Crippen LogP contribution is 2.33. The fourth-order valence-electron chi connectivity index (χ4n) is 3.22. The number of rotatable bonds is 3. The number of benzene rings is 1. The number of fused-ring (bicyclic) bond motifs is 1. The Morgan fingerprint density at radius 3 is 2.67 bits per heavy atom. The molecule has 0 bridgehead atoms. The number of furan rings is 1. The molecule has 0 saturated carbocycles. The van der Waals surface area contributed by atoms with E-state index >= 15 is 0 Å². The van der Waals surface area contributed by atoms with E-state index in [0.29, 0.717) is 71.1 Å². The Bertz CT molecular complexity index is 1010. The number of nitrogens with zero attached hydrogens (tertiary/aromatic N) is 3. The number of para-hydroxylation sites is 1. The number of aryl methyl sites for hydroxylation is 2. The van der Waals surface area contributed by atoms with E-state index in [1.54, 1.807) is 19.1 Å². The molecule has 1 fully saturated rings. The second-order valence-corrected chi connectivity index (χ2v) is 6.75. The second kappa shape index (κ2) is 7.17. The van der Waals surface area contributed by atoms with Gasteiger partial charge in [0, 0.05) is 13.1 Å². The minimum Gasteiger partial charge on any atom is -0.442 e. The van der Waals surface area contributed by atoms with Crippen LogP contribution in [0, 0.1) is 13.8 Å². The van der Waals surface area contributed by atoms with Gasteiger partial charge in [-0.05, 0) is 26.0 Å². The van der Waals surface area contributed by atoms with Gasteiger partial charge >= 0.3 is 0 Å². The highest BCUT2D eigenvalue weighted by molar-refractivity contribution is 6.34. The van der Waals surface area contributed by atoms with Crippen LogP contribution in [0.15, 0.2) is 28.7 Å². The molecule has 1 saturated heterocycles. The molecular weight excluding hydrogens is 368 g/mol. The first-order valence-electron chi connectivity index (χ1n) is 8.71. The van der Waals surface area contributed by atoms with Crippen molar-refractivity contribution in [3.63, 3.8) is 0 Å². The summed E-state index contributed by atoms with van der Waals surface area (Å²) in [5.41, 5.74) is 1.37. The zero-order valence-corrected chi connectivity index (χ0v) is 15.8. The van der Waals surface area contributed by atoms with E-state index in [9.17, 15) is 4.79 Å². The topological polar surface area (TPSA) is 80.5 Å². The molecule has 1 aliphatic rings. The van der Waals surface area contributed by atoms with E-state index in [2.05, 4.69) is 20.2 Å². The standard InChI is InChI=1S/C19H19ClN4O3/c1-11-15(18(25)23-14-6-4-3-5-13(14)20)16-17(24-7-9-26-10-8-24)21-12(2)22-19(16)27-11/h3-6H,7-10H2,1-2H3,(H,23,25). The molecule has 1 amide bonds. The molecule has 4 rings (SSSR count). The Kier molecular flexibility index (Phi) is 4.72. The smallest absolute Gasteiger partial charge is 0.260 e. The van der Waals surface area contributed by atoms with E-state index in [4.69, 9.17) is 20.8 Å². The average Bonchev–Trinajstić information content (AvgIpc) is 2.99. The third kappa shape index (κ3) is 3.36. The molecule has 1 aromatic carbocycles. The summed E-state index contributed by atoms with van der Waals surface area (Å²) in [5.74, 6) is 1.48. The van der Waals surface area contributed by atoms with Crippen LogP contribution in [0.4, 0.5) is 11.5 Å². The van der Waals surface area contributed by atoms with Gasteiger partial charge in [0.25, 0.3) is 5.91 Å². The van der Waals surface area contributed by atoms with Crippen molar-refractivity contribution in [3.8, 4) is 0 Å². The lowest BCUT2D eigenvalue weighted by atomic mass is 10.1. The zero-order valence-electron chi connectivity index (χ0n) is 15.1. The molecule has 0 atom stereocenters. The van der Waals surface area contributed by atoms with Crippen molar-refractivity contribution in [2.75, 3.05) is 36.5 Å². The van der Waals surface area contributed by atoms with Gasteiger partial charge in [-0.2, -0.15) is 4.98 Å². The maximum atomic E-state index is 13.1. The summed E-state index contributed by atoms with van der Waals surface area (Å²) in [6.45, 7) is 6.18. The number of morpholine rings is 1. The van der Waals surface area contributed by atoms with Crippen molar-refractivity contribution in [1.29, 1.82) is 0 Å². The van der Waals surface area contributed by atoms with Crippen molar-refractivity contribution in [3.05, 3.63) is 46.4 Å². The second-order valence-electron chi connectivity index (χ2n) is 6.34. The maximum Gasteiger partial charge on any atom is 0.260 e. The van der Waals surface area contributed by atoms with E-state index in [1.807, 2.05) is 19.1 Å². The summed E-state index contributed by atoms with van der Waals surface area (Å²) < 4.78 is 11.2. The average molecular weight is 387 g/mol. The molecule has 140 valence electrons. The number of hydrogen-bond donors (Lipinski definition) is 1. The van der Waals surface area contributed by atoms with Gasteiger partial charge in [0.1, 0.15) is 17.4 Å². The van der Waals surface area contributed by atoms with Gasteiger partial charge in [-0.15, -0.1) is 0 Å². The summed E-state index contributed by atoms with van der Waals surface area (Å²) in [6, 6.07) is 7.10. The van der Waals surface area contributed by atoms with Gasteiger partial charge in [0.2, 0.25) is 5.71 Å². The van der Waals surface area contributed by atoms with Crippen molar-refractivity contribution < 1.29 is 13.9 Å². The quantitative estimate of drug-likeness (QED) is 0.741. The number of carbonyl (C=O) groups is 1. The number of carbonyl (C=O) groups excluding carboxylic acids is 1. The van der Waals surface area contributed by atoms with E-state index < -0.39 is 0 Å². The number of hydrogen-bond acceptors (Lipinski definition) is 6. The Morgan fingerprint density at radius 2 is 1.93 bits per heavy atom. The molecule has 0 unspecified atom stereocenters. The molecule has 2 aromatic heterocycles.